The Morgan fingerprint density at radius 3 is 2.23 bits per heavy atom. The molecule has 114 valence electrons. The van der Waals surface area contributed by atoms with E-state index in [1.807, 2.05) is 0 Å². The lowest BCUT2D eigenvalue weighted by Gasteiger charge is -2.07. The van der Waals surface area contributed by atoms with Gasteiger partial charge in [0.2, 0.25) is 0 Å². The molecule has 0 aliphatic heterocycles. The van der Waals surface area contributed by atoms with Gasteiger partial charge in [0.15, 0.2) is 12.4 Å². The third-order valence-corrected chi connectivity index (χ3v) is 3.84. The van der Waals surface area contributed by atoms with Gasteiger partial charge in [-0.1, -0.05) is 53.0 Å². The lowest BCUT2D eigenvalue weighted by Crippen LogP contribution is -2.16. The molecular formula is C16H11Cl3O3. The van der Waals surface area contributed by atoms with Crippen LogP contribution in [0.15, 0.2) is 42.5 Å². The molecule has 0 amide bonds. The molecule has 0 aliphatic carbocycles. The Bertz CT molecular complexity index is 693. The highest BCUT2D eigenvalue weighted by Gasteiger charge is 2.14. The quantitative estimate of drug-likeness (QED) is 0.579. The fraction of sp³-hybridized carbons (Fsp3) is 0.125. The molecule has 0 fully saturated rings. The molecule has 0 aromatic heterocycles. The molecular weight excluding hydrogens is 347 g/mol. The van der Waals surface area contributed by atoms with Gasteiger partial charge in [-0.2, -0.15) is 0 Å². The number of hydrogen-bond donors (Lipinski definition) is 0. The Morgan fingerprint density at radius 1 is 0.955 bits per heavy atom. The minimum Gasteiger partial charge on any atom is -0.457 e. The predicted molar refractivity (Wildman–Crippen MR) is 86.9 cm³/mol. The summed E-state index contributed by atoms with van der Waals surface area (Å²) < 4.78 is 4.96. The average molecular weight is 358 g/mol. The first-order chi connectivity index (χ1) is 10.5. The zero-order valence-electron chi connectivity index (χ0n) is 11.3. The number of rotatable bonds is 5. The normalized spacial score (nSPS) is 10.3. The highest BCUT2D eigenvalue weighted by atomic mass is 35.5. The molecule has 0 heterocycles. The van der Waals surface area contributed by atoms with Gasteiger partial charge in [0.25, 0.3) is 0 Å². The van der Waals surface area contributed by atoms with E-state index in [1.54, 1.807) is 36.4 Å². The molecule has 0 saturated carbocycles. The van der Waals surface area contributed by atoms with Gasteiger partial charge in [-0.15, -0.1) is 0 Å². The molecule has 0 spiro atoms. The zero-order chi connectivity index (χ0) is 16.1. The number of hydrogen-bond acceptors (Lipinski definition) is 3. The Labute approximate surface area is 142 Å². The number of carbonyl (C=O) groups is 2. The van der Waals surface area contributed by atoms with Crippen molar-refractivity contribution in [3.05, 3.63) is 68.7 Å². The number of Topliss-reactive ketones (excluding diaryl/α,β-unsaturated/α-hetero) is 1. The van der Waals surface area contributed by atoms with E-state index < -0.39 is 5.97 Å². The molecule has 0 saturated heterocycles. The van der Waals surface area contributed by atoms with E-state index in [0.29, 0.717) is 26.2 Å². The smallest absolute Gasteiger partial charge is 0.310 e. The maximum atomic E-state index is 11.9. The summed E-state index contributed by atoms with van der Waals surface area (Å²) in [5.41, 5.74) is 0.863. The minimum atomic E-state index is -0.578. The second-order valence-electron chi connectivity index (χ2n) is 4.47. The predicted octanol–water partition coefficient (Wildman–Crippen LogP) is 4.62. The number of ketones is 1. The second-order valence-corrected chi connectivity index (χ2v) is 5.72. The van der Waals surface area contributed by atoms with Crippen LogP contribution in [-0.4, -0.2) is 18.4 Å². The van der Waals surface area contributed by atoms with Crippen LogP contribution in [0.2, 0.25) is 15.1 Å². The van der Waals surface area contributed by atoms with Gasteiger partial charge in [0, 0.05) is 26.2 Å². The van der Waals surface area contributed by atoms with Crippen molar-refractivity contribution in [1.82, 2.24) is 0 Å². The summed E-state index contributed by atoms with van der Waals surface area (Å²) in [6.07, 6.45) is -0.0959. The molecule has 0 bridgehead atoms. The fourth-order valence-corrected chi connectivity index (χ4v) is 2.51. The van der Waals surface area contributed by atoms with Gasteiger partial charge in [0.05, 0.1) is 6.42 Å². The summed E-state index contributed by atoms with van der Waals surface area (Å²) in [6.45, 7) is -0.360. The van der Waals surface area contributed by atoms with Gasteiger partial charge in [-0.05, 0) is 24.3 Å². The Kier molecular flexibility index (Phi) is 5.83. The van der Waals surface area contributed by atoms with Crippen LogP contribution in [0.3, 0.4) is 0 Å². The molecule has 0 N–H and O–H groups in total. The van der Waals surface area contributed by atoms with Crippen molar-refractivity contribution in [3.63, 3.8) is 0 Å². The number of esters is 1. The molecule has 0 radical (unpaired) electrons. The lowest BCUT2D eigenvalue weighted by molar-refractivity contribution is -0.141. The molecule has 0 unspecified atom stereocenters. The van der Waals surface area contributed by atoms with Gasteiger partial charge >= 0.3 is 5.97 Å². The summed E-state index contributed by atoms with van der Waals surface area (Å²) in [5.74, 6) is -0.911. The number of benzene rings is 2. The summed E-state index contributed by atoms with van der Waals surface area (Å²) in [7, 11) is 0. The van der Waals surface area contributed by atoms with Crippen LogP contribution >= 0.6 is 34.8 Å². The Hall–Kier alpha value is -1.55. The van der Waals surface area contributed by atoms with E-state index in [0.717, 1.165) is 0 Å². The van der Waals surface area contributed by atoms with Crippen LogP contribution in [0.5, 0.6) is 0 Å². The molecule has 6 heteroatoms. The minimum absolute atomic E-state index is 0.0959. The maximum Gasteiger partial charge on any atom is 0.310 e. The van der Waals surface area contributed by atoms with E-state index in [2.05, 4.69) is 0 Å². The van der Waals surface area contributed by atoms with Crippen molar-refractivity contribution >= 4 is 46.6 Å². The molecule has 2 rings (SSSR count). The van der Waals surface area contributed by atoms with E-state index in [1.165, 1.54) is 6.07 Å². The molecule has 22 heavy (non-hydrogen) atoms. The van der Waals surface area contributed by atoms with Crippen molar-refractivity contribution in [2.45, 2.75) is 6.42 Å². The summed E-state index contributed by atoms with van der Waals surface area (Å²) in [4.78, 5) is 23.7. The fourth-order valence-electron chi connectivity index (χ4n) is 1.79. The van der Waals surface area contributed by atoms with Crippen molar-refractivity contribution in [3.8, 4) is 0 Å². The molecule has 2 aromatic rings. The summed E-state index contributed by atoms with van der Waals surface area (Å²) in [5, 5.41) is 1.20. The first-order valence-electron chi connectivity index (χ1n) is 6.34. The highest BCUT2D eigenvalue weighted by Crippen LogP contribution is 2.24. The average Bonchev–Trinajstić information content (AvgIpc) is 2.48. The summed E-state index contributed by atoms with van der Waals surface area (Å²) in [6, 6.07) is 11.4. The van der Waals surface area contributed by atoms with E-state index in [9.17, 15) is 9.59 Å². The van der Waals surface area contributed by atoms with Crippen molar-refractivity contribution in [1.29, 1.82) is 0 Å². The van der Waals surface area contributed by atoms with Crippen molar-refractivity contribution < 1.29 is 14.3 Å². The second kappa shape index (κ2) is 7.63. The molecule has 3 nitrogen and oxygen atoms in total. The van der Waals surface area contributed by atoms with E-state index >= 15 is 0 Å². The topological polar surface area (TPSA) is 43.4 Å². The molecule has 0 atom stereocenters. The van der Waals surface area contributed by atoms with Crippen molar-refractivity contribution in [2.75, 3.05) is 6.61 Å². The Balaban J connectivity index is 1.94. The maximum absolute atomic E-state index is 11.9. The number of halogens is 3. The highest BCUT2D eigenvalue weighted by molar-refractivity contribution is 6.36. The first kappa shape index (κ1) is 16.8. The van der Waals surface area contributed by atoms with Crippen LogP contribution in [0.1, 0.15) is 15.9 Å². The van der Waals surface area contributed by atoms with Crippen molar-refractivity contribution in [2.24, 2.45) is 0 Å². The van der Waals surface area contributed by atoms with Gasteiger partial charge in [0.1, 0.15) is 0 Å². The molecule has 2 aromatic carbocycles. The van der Waals surface area contributed by atoms with Crippen LogP contribution in [-0.2, 0) is 16.0 Å². The van der Waals surface area contributed by atoms with E-state index in [-0.39, 0.29) is 18.8 Å². The third kappa shape index (κ3) is 4.47. The van der Waals surface area contributed by atoms with Crippen LogP contribution < -0.4 is 0 Å². The molecule has 0 aliphatic rings. The summed E-state index contributed by atoms with van der Waals surface area (Å²) >= 11 is 17.8. The SMILES string of the molecule is O=C(Cc1c(Cl)cccc1Cl)OCC(=O)c1cccc(Cl)c1. The van der Waals surface area contributed by atoms with Gasteiger partial charge in [-0.25, -0.2) is 0 Å². The third-order valence-electron chi connectivity index (χ3n) is 2.89. The Morgan fingerprint density at radius 2 is 1.59 bits per heavy atom. The number of ether oxygens (including phenoxy) is 1. The largest absolute Gasteiger partial charge is 0.457 e. The van der Waals surface area contributed by atoms with Crippen LogP contribution in [0.4, 0.5) is 0 Å². The van der Waals surface area contributed by atoms with Gasteiger partial charge < -0.3 is 4.74 Å². The van der Waals surface area contributed by atoms with Gasteiger partial charge in [-0.3, -0.25) is 9.59 Å². The monoisotopic (exact) mass is 356 g/mol. The lowest BCUT2D eigenvalue weighted by atomic mass is 10.1. The first-order valence-corrected chi connectivity index (χ1v) is 7.48. The zero-order valence-corrected chi connectivity index (χ0v) is 13.6. The van der Waals surface area contributed by atoms with Crippen LogP contribution in [0, 0.1) is 0 Å². The van der Waals surface area contributed by atoms with E-state index in [4.69, 9.17) is 39.5 Å². The number of carbonyl (C=O) groups excluding carboxylic acids is 2. The van der Waals surface area contributed by atoms with Crippen LogP contribution in [0.25, 0.3) is 0 Å². The standard InChI is InChI=1S/C16H11Cl3O3/c17-11-4-1-3-10(7-11)15(20)9-22-16(21)8-12-13(18)5-2-6-14(12)19/h1-7H,8-9H2.